The van der Waals surface area contributed by atoms with Gasteiger partial charge >= 0.3 is 0 Å². The molecular formula is C14H19BrO. The van der Waals surface area contributed by atoms with E-state index in [0.29, 0.717) is 5.41 Å². The molecule has 1 aliphatic rings. The third kappa shape index (κ3) is 2.86. The van der Waals surface area contributed by atoms with Gasteiger partial charge in [-0.25, -0.2) is 0 Å². The highest BCUT2D eigenvalue weighted by Crippen LogP contribution is 2.46. The Balaban J connectivity index is 1.76. The first-order valence-corrected chi connectivity index (χ1v) is 7.04. The maximum Gasteiger partial charge on any atom is 0.0717 e. The molecule has 16 heavy (non-hydrogen) atoms. The van der Waals surface area contributed by atoms with E-state index in [1.165, 1.54) is 18.4 Å². The Hall–Kier alpha value is -0.340. The van der Waals surface area contributed by atoms with E-state index in [1.807, 2.05) is 6.07 Å². The topological polar surface area (TPSA) is 9.23 Å². The van der Waals surface area contributed by atoms with Crippen LogP contribution in [0.2, 0.25) is 0 Å². The highest BCUT2D eigenvalue weighted by Gasteiger charge is 2.41. The molecular weight excluding hydrogens is 264 g/mol. The summed E-state index contributed by atoms with van der Waals surface area (Å²) < 4.78 is 5.84. The van der Waals surface area contributed by atoms with E-state index in [2.05, 4.69) is 47.1 Å². The minimum absolute atomic E-state index is 0.411. The molecule has 0 heterocycles. The first-order chi connectivity index (χ1) is 7.74. The van der Waals surface area contributed by atoms with Crippen molar-refractivity contribution in [2.45, 2.75) is 26.4 Å². The van der Waals surface area contributed by atoms with Crippen LogP contribution in [0.4, 0.5) is 0 Å². The van der Waals surface area contributed by atoms with Gasteiger partial charge in [0.2, 0.25) is 0 Å². The second kappa shape index (κ2) is 5.33. The quantitative estimate of drug-likeness (QED) is 0.742. The molecule has 0 bridgehead atoms. The standard InChI is InChI=1S/C14H19BrO/c1-12-7-14(8-12,10-15)11-16-9-13-5-3-2-4-6-13/h2-6,12H,7-11H2,1H3. The zero-order chi connectivity index (χ0) is 11.4. The van der Waals surface area contributed by atoms with Gasteiger partial charge in [-0.15, -0.1) is 0 Å². The van der Waals surface area contributed by atoms with Crippen molar-refractivity contribution in [3.05, 3.63) is 35.9 Å². The van der Waals surface area contributed by atoms with E-state index in [4.69, 9.17) is 4.74 Å². The first kappa shape index (κ1) is 12.1. The maximum absolute atomic E-state index is 5.84. The molecule has 0 spiro atoms. The normalized spacial score (nSPS) is 28.8. The molecule has 88 valence electrons. The maximum atomic E-state index is 5.84. The van der Waals surface area contributed by atoms with Crippen molar-refractivity contribution in [3.8, 4) is 0 Å². The van der Waals surface area contributed by atoms with Crippen LogP contribution in [0.1, 0.15) is 25.3 Å². The third-order valence-electron chi connectivity index (χ3n) is 3.37. The summed E-state index contributed by atoms with van der Waals surface area (Å²) in [7, 11) is 0. The summed E-state index contributed by atoms with van der Waals surface area (Å²) in [5, 5.41) is 1.07. The van der Waals surface area contributed by atoms with Gasteiger partial charge in [0.05, 0.1) is 13.2 Å². The molecule has 1 aromatic rings. The Kier molecular flexibility index (Phi) is 4.04. The molecule has 0 saturated heterocycles. The second-order valence-corrected chi connectivity index (χ2v) is 5.69. The zero-order valence-corrected chi connectivity index (χ0v) is 11.4. The van der Waals surface area contributed by atoms with Crippen LogP contribution in [-0.2, 0) is 11.3 Å². The summed E-state index contributed by atoms with van der Waals surface area (Å²) in [6.45, 7) is 3.94. The van der Waals surface area contributed by atoms with Gasteiger partial charge in [-0.2, -0.15) is 0 Å². The Morgan fingerprint density at radius 2 is 2.00 bits per heavy atom. The fraction of sp³-hybridized carbons (Fsp3) is 0.571. The molecule has 0 radical (unpaired) electrons. The summed E-state index contributed by atoms with van der Waals surface area (Å²) in [4.78, 5) is 0. The highest BCUT2D eigenvalue weighted by atomic mass is 79.9. The summed E-state index contributed by atoms with van der Waals surface area (Å²) in [6.07, 6.45) is 2.60. The number of rotatable bonds is 5. The zero-order valence-electron chi connectivity index (χ0n) is 9.79. The molecule has 0 atom stereocenters. The lowest BCUT2D eigenvalue weighted by atomic mass is 9.64. The Labute approximate surface area is 106 Å². The van der Waals surface area contributed by atoms with Gasteiger partial charge in [0.25, 0.3) is 0 Å². The molecule has 1 fully saturated rings. The molecule has 0 unspecified atom stereocenters. The molecule has 2 heteroatoms. The minimum Gasteiger partial charge on any atom is -0.376 e. The number of alkyl halides is 1. The highest BCUT2D eigenvalue weighted by molar-refractivity contribution is 9.09. The average molecular weight is 283 g/mol. The predicted octanol–water partition coefficient (Wildman–Crippen LogP) is 4.01. The van der Waals surface area contributed by atoms with E-state index in [-0.39, 0.29) is 0 Å². The number of ether oxygens (including phenoxy) is 1. The van der Waals surface area contributed by atoms with E-state index in [1.54, 1.807) is 0 Å². The van der Waals surface area contributed by atoms with E-state index < -0.39 is 0 Å². The SMILES string of the molecule is CC1CC(CBr)(COCc2ccccc2)C1. The van der Waals surface area contributed by atoms with E-state index in [0.717, 1.165) is 24.5 Å². The summed E-state index contributed by atoms with van der Waals surface area (Å²) >= 11 is 3.62. The van der Waals surface area contributed by atoms with Gasteiger partial charge in [0.15, 0.2) is 0 Å². The van der Waals surface area contributed by atoms with Crippen LogP contribution >= 0.6 is 15.9 Å². The van der Waals surface area contributed by atoms with Crippen molar-refractivity contribution in [3.63, 3.8) is 0 Å². The van der Waals surface area contributed by atoms with Crippen LogP contribution < -0.4 is 0 Å². The molecule has 1 nitrogen and oxygen atoms in total. The van der Waals surface area contributed by atoms with Crippen molar-refractivity contribution in [1.29, 1.82) is 0 Å². The fourth-order valence-electron chi connectivity index (χ4n) is 2.64. The van der Waals surface area contributed by atoms with Crippen molar-refractivity contribution >= 4 is 15.9 Å². The monoisotopic (exact) mass is 282 g/mol. The summed E-state index contributed by atoms with van der Waals surface area (Å²) in [5.74, 6) is 0.873. The fourth-order valence-corrected chi connectivity index (χ4v) is 3.26. The number of halogens is 1. The molecule has 1 aromatic carbocycles. The van der Waals surface area contributed by atoms with Crippen molar-refractivity contribution < 1.29 is 4.74 Å². The molecule has 1 saturated carbocycles. The van der Waals surface area contributed by atoms with Crippen LogP contribution in [-0.4, -0.2) is 11.9 Å². The largest absolute Gasteiger partial charge is 0.376 e. The molecule has 2 rings (SSSR count). The number of hydrogen-bond acceptors (Lipinski definition) is 1. The van der Waals surface area contributed by atoms with Gasteiger partial charge in [-0.3, -0.25) is 0 Å². The van der Waals surface area contributed by atoms with Gasteiger partial charge < -0.3 is 4.74 Å². The van der Waals surface area contributed by atoms with Crippen LogP contribution in [0, 0.1) is 11.3 Å². The van der Waals surface area contributed by atoms with Crippen molar-refractivity contribution in [1.82, 2.24) is 0 Å². The van der Waals surface area contributed by atoms with Crippen LogP contribution in [0.5, 0.6) is 0 Å². The van der Waals surface area contributed by atoms with Crippen molar-refractivity contribution in [2.24, 2.45) is 11.3 Å². The van der Waals surface area contributed by atoms with Gasteiger partial charge in [-0.1, -0.05) is 53.2 Å². The van der Waals surface area contributed by atoms with E-state index in [9.17, 15) is 0 Å². The van der Waals surface area contributed by atoms with E-state index >= 15 is 0 Å². The van der Waals surface area contributed by atoms with Gasteiger partial charge in [-0.05, 0) is 24.3 Å². The molecule has 0 amide bonds. The Morgan fingerprint density at radius 1 is 1.31 bits per heavy atom. The molecule has 0 aliphatic heterocycles. The minimum atomic E-state index is 0.411. The number of hydrogen-bond donors (Lipinski definition) is 0. The lowest BCUT2D eigenvalue weighted by molar-refractivity contribution is -0.0242. The smallest absolute Gasteiger partial charge is 0.0717 e. The molecule has 0 N–H and O–H groups in total. The summed E-state index contributed by atoms with van der Waals surface area (Å²) in [6, 6.07) is 10.4. The van der Waals surface area contributed by atoms with Crippen LogP contribution in [0.15, 0.2) is 30.3 Å². The van der Waals surface area contributed by atoms with Gasteiger partial charge in [0, 0.05) is 10.7 Å². The summed E-state index contributed by atoms with van der Waals surface area (Å²) in [5.41, 5.74) is 1.67. The van der Waals surface area contributed by atoms with Crippen LogP contribution in [0.3, 0.4) is 0 Å². The Bertz CT molecular complexity index is 317. The van der Waals surface area contributed by atoms with Gasteiger partial charge in [0.1, 0.15) is 0 Å². The third-order valence-corrected chi connectivity index (χ3v) is 4.56. The molecule has 1 aliphatic carbocycles. The molecule has 0 aromatic heterocycles. The lowest BCUT2D eigenvalue weighted by Crippen LogP contribution is -2.41. The Morgan fingerprint density at radius 3 is 2.56 bits per heavy atom. The van der Waals surface area contributed by atoms with Crippen molar-refractivity contribution in [2.75, 3.05) is 11.9 Å². The average Bonchev–Trinajstić information content (AvgIpc) is 2.27. The van der Waals surface area contributed by atoms with Crippen LogP contribution in [0.25, 0.3) is 0 Å². The first-order valence-electron chi connectivity index (χ1n) is 5.92. The second-order valence-electron chi connectivity index (χ2n) is 5.13. The predicted molar refractivity (Wildman–Crippen MR) is 70.7 cm³/mol. The lowest BCUT2D eigenvalue weighted by Gasteiger charge is -2.45. The number of benzene rings is 1.